The Morgan fingerprint density at radius 3 is 1.95 bits per heavy atom. The molecular formula is C19H17NO. The summed E-state index contributed by atoms with van der Waals surface area (Å²) in [6, 6.07) is 27.5. The average molecular weight is 275 g/mol. The van der Waals surface area contributed by atoms with Gasteiger partial charge in [-0.1, -0.05) is 66.7 Å². The van der Waals surface area contributed by atoms with Crippen LogP contribution in [-0.4, -0.2) is 5.11 Å². The normalized spacial score (nSPS) is 11.9. The molecule has 3 aromatic carbocycles. The van der Waals surface area contributed by atoms with Crippen LogP contribution in [-0.2, 0) is 0 Å². The van der Waals surface area contributed by atoms with E-state index in [9.17, 15) is 5.11 Å². The van der Waals surface area contributed by atoms with Crippen LogP contribution in [0, 0.1) is 0 Å². The Bertz CT molecular complexity index is 695. The monoisotopic (exact) mass is 275 g/mol. The molecule has 2 heteroatoms. The molecule has 0 saturated carbocycles. The molecule has 0 heterocycles. The van der Waals surface area contributed by atoms with Gasteiger partial charge in [-0.25, -0.2) is 0 Å². The van der Waals surface area contributed by atoms with Gasteiger partial charge in [0.2, 0.25) is 0 Å². The van der Waals surface area contributed by atoms with Crippen LogP contribution in [0.1, 0.15) is 17.2 Å². The number of aliphatic hydroxyl groups excluding tert-OH is 1. The molecule has 3 aromatic rings. The van der Waals surface area contributed by atoms with Crippen LogP contribution in [0.5, 0.6) is 0 Å². The minimum absolute atomic E-state index is 0.640. The molecule has 0 bridgehead atoms. The highest BCUT2D eigenvalue weighted by Gasteiger charge is 2.13. The van der Waals surface area contributed by atoms with Crippen molar-refractivity contribution in [2.75, 3.05) is 5.32 Å². The molecule has 1 atom stereocenters. The predicted octanol–water partition coefficient (Wildman–Crippen LogP) is 4.51. The van der Waals surface area contributed by atoms with E-state index >= 15 is 0 Å². The van der Waals surface area contributed by atoms with Crippen LogP contribution in [0.25, 0.3) is 0 Å². The van der Waals surface area contributed by atoms with Crippen molar-refractivity contribution >= 4 is 11.4 Å². The van der Waals surface area contributed by atoms with Crippen molar-refractivity contribution in [1.29, 1.82) is 0 Å². The maximum atomic E-state index is 10.6. The summed E-state index contributed by atoms with van der Waals surface area (Å²) in [5.41, 5.74) is 3.68. The highest BCUT2D eigenvalue weighted by atomic mass is 16.3. The quantitative estimate of drug-likeness (QED) is 0.734. The molecule has 0 aliphatic carbocycles. The van der Waals surface area contributed by atoms with Gasteiger partial charge in [-0.2, -0.15) is 0 Å². The highest BCUT2D eigenvalue weighted by molar-refractivity contribution is 5.64. The first-order valence-corrected chi connectivity index (χ1v) is 6.98. The zero-order chi connectivity index (χ0) is 14.5. The lowest BCUT2D eigenvalue weighted by Gasteiger charge is -2.17. The molecule has 21 heavy (non-hydrogen) atoms. The third kappa shape index (κ3) is 3.12. The zero-order valence-corrected chi connectivity index (χ0v) is 11.6. The van der Waals surface area contributed by atoms with Gasteiger partial charge in [-0.15, -0.1) is 0 Å². The van der Waals surface area contributed by atoms with E-state index in [1.54, 1.807) is 0 Å². The zero-order valence-electron chi connectivity index (χ0n) is 11.6. The lowest BCUT2D eigenvalue weighted by molar-refractivity contribution is 0.221. The number of nitrogens with one attached hydrogen (secondary N) is 1. The Kier molecular flexibility index (Phi) is 3.99. The van der Waals surface area contributed by atoms with Gasteiger partial charge in [0.25, 0.3) is 0 Å². The van der Waals surface area contributed by atoms with Crippen molar-refractivity contribution in [3.8, 4) is 0 Å². The van der Waals surface area contributed by atoms with Gasteiger partial charge in [0, 0.05) is 16.9 Å². The number of para-hydroxylation sites is 2. The summed E-state index contributed by atoms with van der Waals surface area (Å²) in [6.07, 6.45) is -0.640. The van der Waals surface area contributed by atoms with Crippen molar-refractivity contribution in [2.45, 2.75) is 6.10 Å². The average Bonchev–Trinajstić information content (AvgIpc) is 2.56. The van der Waals surface area contributed by atoms with Crippen molar-refractivity contribution in [1.82, 2.24) is 0 Å². The number of aliphatic hydroxyl groups is 1. The molecule has 0 aliphatic rings. The topological polar surface area (TPSA) is 32.3 Å². The third-order valence-corrected chi connectivity index (χ3v) is 3.42. The minimum atomic E-state index is -0.640. The number of benzene rings is 3. The van der Waals surface area contributed by atoms with Crippen molar-refractivity contribution in [3.63, 3.8) is 0 Å². The molecular weight excluding hydrogens is 258 g/mol. The van der Waals surface area contributed by atoms with E-state index in [1.165, 1.54) is 0 Å². The van der Waals surface area contributed by atoms with E-state index in [-0.39, 0.29) is 0 Å². The van der Waals surface area contributed by atoms with E-state index in [2.05, 4.69) is 5.32 Å². The van der Waals surface area contributed by atoms with E-state index in [0.29, 0.717) is 0 Å². The van der Waals surface area contributed by atoms with Gasteiger partial charge >= 0.3 is 0 Å². The van der Waals surface area contributed by atoms with Crippen LogP contribution in [0.3, 0.4) is 0 Å². The summed E-state index contributed by atoms with van der Waals surface area (Å²) in [4.78, 5) is 0. The standard InChI is InChI=1S/C19H17NO/c21-19(15-9-3-1-4-10-15)17-13-7-8-14-18(17)20-16-11-5-2-6-12-16/h1-14,19-21H. The number of hydrogen-bond donors (Lipinski definition) is 2. The molecule has 0 radical (unpaired) electrons. The lowest BCUT2D eigenvalue weighted by atomic mass is 10.00. The molecule has 0 aromatic heterocycles. The molecule has 2 N–H and O–H groups in total. The van der Waals surface area contributed by atoms with Crippen molar-refractivity contribution in [3.05, 3.63) is 96.1 Å². The molecule has 0 fully saturated rings. The van der Waals surface area contributed by atoms with E-state index in [0.717, 1.165) is 22.5 Å². The summed E-state index contributed by atoms with van der Waals surface area (Å²) in [6.45, 7) is 0. The van der Waals surface area contributed by atoms with Crippen LogP contribution >= 0.6 is 0 Å². The fraction of sp³-hybridized carbons (Fsp3) is 0.0526. The Morgan fingerprint density at radius 2 is 1.24 bits per heavy atom. The van der Waals surface area contributed by atoms with Gasteiger partial charge < -0.3 is 10.4 Å². The first-order valence-electron chi connectivity index (χ1n) is 6.98. The summed E-state index contributed by atoms with van der Waals surface area (Å²) in [7, 11) is 0. The third-order valence-electron chi connectivity index (χ3n) is 3.42. The van der Waals surface area contributed by atoms with Crippen LogP contribution in [0.15, 0.2) is 84.9 Å². The first-order chi connectivity index (χ1) is 10.3. The second kappa shape index (κ2) is 6.25. The first kappa shape index (κ1) is 13.4. The second-order valence-electron chi connectivity index (χ2n) is 4.89. The minimum Gasteiger partial charge on any atom is -0.384 e. The summed E-state index contributed by atoms with van der Waals surface area (Å²) < 4.78 is 0. The number of rotatable bonds is 4. The number of hydrogen-bond acceptors (Lipinski definition) is 2. The Balaban J connectivity index is 1.93. The molecule has 104 valence electrons. The molecule has 0 saturated heterocycles. The van der Waals surface area contributed by atoms with Gasteiger partial charge in [-0.05, 0) is 23.8 Å². The van der Waals surface area contributed by atoms with Crippen molar-refractivity contribution in [2.24, 2.45) is 0 Å². The van der Waals surface area contributed by atoms with Crippen LogP contribution in [0.4, 0.5) is 11.4 Å². The van der Waals surface area contributed by atoms with Gasteiger partial charge in [-0.3, -0.25) is 0 Å². The Labute approximate surface area is 124 Å². The fourth-order valence-electron chi connectivity index (χ4n) is 2.34. The Morgan fingerprint density at radius 1 is 0.667 bits per heavy atom. The van der Waals surface area contributed by atoms with Crippen LogP contribution < -0.4 is 5.32 Å². The maximum absolute atomic E-state index is 10.6. The summed E-state index contributed by atoms with van der Waals surface area (Å²) in [5, 5.41) is 14.0. The summed E-state index contributed by atoms with van der Waals surface area (Å²) >= 11 is 0. The lowest BCUT2D eigenvalue weighted by Crippen LogP contribution is -2.03. The smallest absolute Gasteiger partial charge is 0.106 e. The van der Waals surface area contributed by atoms with Gasteiger partial charge in [0.1, 0.15) is 6.10 Å². The van der Waals surface area contributed by atoms with E-state index in [1.807, 2.05) is 84.9 Å². The van der Waals surface area contributed by atoms with E-state index in [4.69, 9.17) is 0 Å². The summed E-state index contributed by atoms with van der Waals surface area (Å²) in [5.74, 6) is 0. The molecule has 2 nitrogen and oxygen atoms in total. The molecule has 1 unspecified atom stereocenters. The van der Waals surface area contributed by atoms with E-state index < -0.39 is 6.10 Å². The fourth-order valence-corrected chi connectivity index (χ4v) is 2.34. The molecule has 0 amide bonds. The van der Waals surface area contributed by atoms with Gasteiger partial charge in [0.05, 0.1) is 0 Å². The SMILES string of the molecule is OC(c1ccccc1)c1ccccc1Nc1ccccc1. The highest BCUT2D eigenvalue weighted by Crippen LogP contribution is 2.30. The second-order valence-corrected chi connectivity index (χ2v) is 4.89. The maximum Gasteiger partial charge on any atom is 0.106 e. The largest absolute Gasteiger partial charge is 0.384 e. The van der Waals surface area contributed by atoms with Crippen molar-refractivity contribution < 1.29 is 5.11 Å². The number of anilines is 2. The molecule has 3 rings (SSSR count). The van der Waals surface area contributed by atoms with Gasteiger partial charge in [0.15, 0.2) is 0 Å². The Hall–Kier alpha value is -2.58. The molecule has 0 spiro atoms. The van der Waals surface area contributed by atoms with Crippen LogP contribution in [0.2, 0.25) is 0 Å². The predicted molar refractivity (Wildman–Crippen MR) is 86.7 cm³/mol. The molecule has 0 aliphatic heterocycles.